The zero-order valence-electron chi connectivity index (χ0n) is 11.9. The third-order valence-corrected chi connectivity index (χ3v) is 4.31. The van der Waals surface area contributed by atoms with Gasteiger partial charge in [-0.2, -0.15) is 0 Å². The van der Waals surface area contributed by atoms with E-state index in [1.807, 2.05) is 24.3 Å². The molecular formula is C16H25NO2. The largest absolute Gasteiger partial charge is 0.493 e. The fraction of sp³-hybridized carbons (Fsp3) is 0.625. The van der Waals surface area contributed by atoms with Gasteiger partial charge in [-0.25, -0.2) is 0 Å². The van der Waals surface area contributed by atoms with Crippen molar-refractivity contribution in [2.75, 3.05) is 20.3 Å². The van der Waals surface area contributed by atoms with E-state index < -0.39 is 0 Å². The number of hydrogen-bond acceptors (Lipinski definition) is 3. The van der Waals surface area contributed by atoms with E-state index >= 15 is 0 Å². The van der Waals surface area contributed by atoms with Crippen molar-refractivity contribution in [3.8, 4) is 11.5 Å². The lowest BCUT2D eigenvalue weighted by Gasteiger charge is -2.36. The summed E-state index contributed by atoms with van der Waals surface area (Å²) in [7, 11) is 1.67. The Balaban J connectivity index is 1.88. The average molecular weight is 263 g/mol. The first-order valence-corrected chi connectivity index (χ1v) is 7.25. The third-order valence-electron chi connectivity index (χ3n) is 4.31. The normalized spacial score (nSPS) is 18.0. The van der Waals surface area contributed by atoms with Gasteiger partial charge < -0.3 is 15.2 Å². The summed E-state index contributed by atoms with van der Waals surface area (Å²) < 4.78 is 11.2. The molecule has 3 heteroatoms. The number of hydrogen-bond donors (Lipinski definition) is 1. The second-order valence-corrected chi connectivity index (χ2v) is 5.51. The zero-order chi connectivity index (χ0) is 13.6. The lowest BCUT2D eigenvalue weighted by molar-refractivity contribution is 0.143. The molecule has 0 atom stereocenters. The predicted molar refractivity (Wildman–Crippen MR) is 77.7 cm³/mol. The Bertz CT molecular complexity index is 386. The predicted octanol–water partition coefficient (Wildman–Crippen LogP) is 3.37. The Morgan fingerprint density at radius 2 is 1.79 bits per heavy atom. The first kappa shape index (κ1) is 14.2. The van der Waals surface area contributed by atoms with E-state index in [0.717, 1.165) is 31.1 Å². The van der Waals surface area contributed by atoms with Crippen LogP contribution in [0.1, 0.15) is 38.5 Å². The smallest absolute Gasteiger partial charge is 0.161 e. The van der Waals surface area contributed by atoms with E-state index in [-0.39, 0.29) is 0 Å². The molecule has 1 aromatic carbocycles. The van der Waals surface area contributed by atoms with Crippen LogP contribution in [0.4, 0.5) is 0 Å². The number of methoxy groups -OCH3 is 1. The molecule has 106 valence electrons. The molecule has 1 aliphatic carbocycles. The monoisotopic (exact) mass is 263 g/mol. The molecule has 2 rings (SSSR count). The van der Waals surface area contributed by atoms with Crippen molar-refractivity contribution < 1.29 is 9.47 Å². The summed E-state index contributed by atoms with van der Waals surface area (Å²) in [6, 6.07) is 7.80. The van der Waals surface area contributed by atoms with Gasteiger partial charge in [0.15, 0.2) is 11.5 Å². The number of nitrogens with two attached hydrogens (primary N) is 1. The minimum atomic E-state index is 0.306. The highest BCUT2D eigenvalue weighted by molar-refractivity contribution is 5.39. The van der Waals surface area contributed by atoms with Gasteiger partial charge in [0.2, 0.25) is 0 Å². The van der Waals surface area contributed by atoms with E-state index in [1.54, 1.807) is 7.11 Å². The Morgan fingerprint density at radius 1 is 1.11 bits per heavy atom. The van der Waals surface area contributed by atoms with E-state index in [0.29, 0.717) is 5.41 Å². The molecule has 0 bridgehead atoms. The van der Waals surface area contributed by atoms with Gasteiger partial charge in [-0.15, -0.1) is 0 Å². The molecule has 0 aromatic heterocycles. The lowest BCUT2D eigenvalue weighted by atomic mass is 9.72. The van der Waals surface area contributed by atoms with Crippen LogP contribution in [0.15, 0.2) is 24.3 Å². The van der Waals surface area contributed by atoms with E-state index in [1.165, 1.54) is 32.1 Å². The van der Waals surface area contributed by atoms with Gasteiger partial charge in [0.25, 0.3) is 0 Å². The van der Waals surface area contributed by atoms with Crippen molar-refractivity contribution in [2.24, 2.45) is 11.1 Å². The van der Waals surface area contributed by atoms with Gasteiger partial charge in [0.05, 0.1) is 13.7 Å². The summed E-state index contributed by atoms with van der Waals surface area (Å²) in [5.74, 6) is 1.63. The highest BCUT2D eigenvalue weighted by Crippen LogP contribution is 2.38. The number of ether oxygens (including phenoxy) is 2. The van der Waals surface area contributed by atoms with Crippen molar-refractivity contribution in [1.82, 2.24) is 0 Å². The Labute approximate surface area is 116 Å². The molecule has 1 aliphatic rings. The molecule has 0 heterocycles. The molecule has 1 saturated carbocycles. The maximum absolute atomic E-state index is 5.99. The van der Waals surface area contributed by atoms with Crippen LogP contribution in [0, 0.1) is 5.41 Å². The van der Waals surface area contributed by atoms with Crippen LogP contribution in [0.3, 0.4) is 0 Å². The van der Waals surface area contributed by atoms with Crippen LogP contribution < -0.4 is 15.2 Å². The summed E-state index contributed by atoms with van der Waals surface area (Å²) in [5.41, 5.74) is 6.30. The Kier molecular flexibility index (Phi) is 5.08. The first-order valence-electron chi connectivity index (χ1n) is 7.25. The van der Waals surface area contributed by atoms with Gasteiger partial charge in [-0.05, 0) is 43.4 Å². The summed E-state index contributed by atoms with van der Waals surface area (Å²) in [5, 5.41) is 0. The van der Waals surface area contributed by atoms with Crippen LogP contribution in [0.2, 0.25) is 0 Å². The average Bonchev–Trinajstić information content (AvgIpc) is 2.49. The maximum Gasteiger partial charge on any atom is 0.161 e. The molecule has 1 aromatic rings. The quantitative estimate of drug-likeness (QED) is 0.855. The standard InChI is InChI=1S/C16H25NO2/c1-18-14-7-3-4-8-15(14)19-12-11-16(13-17)9-5-2-6-10-16/h3-4,7-8H,2,5-6,9-13,17H2,1H3. The van der Waals surface area contributed by atoms with E-state index in [4.69, 9.17) is 15.2 Å². The fourth-order valence-electron chi connectivity index (χ4n) is 2.97. The van der Waals surface area contributed by atoms with Crippen LogP contribution in [0.25, 0.3) is 0 Å². The molecule has 3 nitrogen and oxygen atoms in total. The van der Waals surface area contributed by atoms with Crippen LogP contribution in [-0.2, 0) is 0 Å². The van der Waals surface area contributed by atoms with Crippen LogP contribution in [0.5, 0.6) is 11.5 Å². The molecule has 0 amide bonds. The van der Waals surface area contributed by atoms with Gasteiger partial charge in [0, 0.05) is 0 Å². The lowest BCUT2D eigenvalue weighted by Crippen LogP contribution is -2.34. The van der Waals surface area contributed by atoms with Crippen molar-refractivity contribution >= 4 is 0 Å². The maximum atomic E-state index is 5.99. The van der Waals surface area contributed by atoms with Crippen molar-refractivity contribution in [2.45, 2.75) is 38.5 Å². The summed E-state index contributed by atoms with van der Waals surface area (Å²) in [6.07, 6.45) is 7.52. The van der Waals surface area contributed by atoms with E-state index in [9.17, 15) is 0 Å². The summed E-state index contributed by atoms with van der Waals surface area (Å²) >= 11 is 0. The number of para-hydroxylation sites is 2. The second kappa shape index (κ2) is 6.80. The molecule has 0 aliphatic heterocycles. The van der Waals surface area contributed by atoms with Gasteiger partial charge in [-0.1, -0.05) is 31.4 Å². The first-order chi connectivity index (χ1) is 9.29. The van der Waals surface area contributed by atoms with Gasteiger partial charge >= 0.3 is 0 Å². The SMILES string of the molecule is COc1ccccc1OCCC1(CN)CCCCC1. The fourth-order valence-corrected chi connectivity index (χ4v) is 2.97. The van der Waals surface area contributed by atoms with Crippen LogP contribution in [-0.4, -0.2) is 20.3 Å². The molecular weight excluding hydrogens is 238 g/mol. The Hall–Kier alpha value is -1.22. The number of benzene rings is 1. The highest BCUT2D eigenvalue weighted by atomic mass is 16.5. The molecule has 19 heavy (non-hydrogen) atoms. The zero-order valence-corrected chi connectivity index (χ0v) is 11.9. The third kappa shape index (κ3) is 3.63. The van der Waals surface area contributed by atoms with Crippen molar-refractivity contribution in [3.63, 3.8) is 0 Å². The van der Waals surface area contributed by atoms with Gasteiger partial charge in [0.1, 0.15) is 0 Å². The Morgan fingerprint density at radius 3 is 2.42 bits per heavy atom. The molecule has 0 unspecified atom stereocenters. The van der Waals surface area contributed by atoms with Crippen LogP contribution >= 0.6 is 0 Å². The van der Waals surface area contributed by atoms with Gasteiger partial charge in [-0.3, -0.25) is 0 Å². The molecule has 0 saturated heterocycles. The summed E-state index contributed by atoms with van der Waals surface area (Å²) in [4.78, 5) is 0. The molecule has 1 fully saturated rings. The highest BCUT2D eigenvalue weighted by Gasteiger charge is 2.30. The topological polar surface area (TPSA) is 44.5 Å². The number of rotatable bonds is 6. The molecule has 0 radical (unpaired) electrons. The summed E-state index contributed by atoms with van der Waals surface area (Å²) in [6.45, 7) is 1.50. The minimum Gasteiger partial charge on any atom is -0.493 e. The van der Waals surface area contributed by atoms with Crippen molar-refractivity contribution in [1.29, 1.82) is 0 Å². The molecule has 2 N–H and O–H groups in total. The van der Waals surface area contributed by atoms with E-state index in [2.05, 4.69) is 0 Å². The molecule has 0 spiro atoms. The second-order valence-electron chi connectivity index (χ2n) is 5.51. The minimum absolute atomic E-state index is 0.306. The van der Waals surface area contributed by atoms with Crippen molar-refractivity contribution in [3.05, 3.63) is 24.3 Å².